The highest BCUT2D eigenvalue weighted by Crippen LogP contribution is 2.23. The SMILES string of the molecule is Cc1nc(NCCCC(F)(F)F)sc1C. The molecule has 0 aliphatic rings. The van der Waals surface area contributed by atoms with Gasteiger partial charge in [0.1, 0.15) is 0 Å². The number of alkyl halides is 3. The van der Waals surface area contributed by atoms with E-state index < -0.39 is 12.6 Å². The van der Waals surface area contributed by atoms with Crippen molar-refractivity contribution in [3.05, 3.63) is 10.6 Å². The van der Waals surface area contributed by atoms with Gasteiger partial charge in [0.15, 0.2) is 5.13 Å². The van der Waals surface area contributed by atoms with Crippen LogP contribution < -0.4 is 5.32 Å². The van der Waals surface area contributed by atoms with Gasteiger partial charge in [-0.05, 0) is 20.3 Å². The quantitative estimate of drug-likeness (QED) is 0.812. The van der Waals surface area contributed by atoms with E-state index in [2.05, 4.69) is 10.3 Å². The van der Waals surface area contributed by atoms with Gasteiger partial charge in [0.25, 0.3) is 0 Å². The van der Waals surface area contributed by atoms with Crippen LogP contribution in [0, 0.1) is 13.8 Å². The Morgan fingerprint density at radius 3 is 2.47 bits per heavy atom. The highest BCUT2D eigenvalue weighted by Gasteiger charge is 2.25. The zero-order chi connectivity index (χ0) is 11.5. The topological polar surface area (TPSA) is 24.9 Å². The highest BCUT2D eigenvalue weighted by molar-refractivity contribution is 7.15. The highest BCUT2D eigenvalue weighted by atomic mass is 32.1. The van der Waals surface area contributed by atoms with Crippen molar-refractivity contribution in [2.24, 2.45) is 0 Å². The maximum atomic E-state index is 11.8. The van der Waals surface area contributed by atoms with Crippen LogP contribution >= 0.6 is 11.3 Å². The van der Waals surface area contributed by atoms with Crippen molar-refractivity contribution in [2.45, 2.75) is 32.9 Å². The molecule has 0 saturated carbocycles. The number of aromatic nitrogens is 1. The second-order valence-corrected chi connectivity index (χ2v) is 4.51. The van der Waals surface area contributed by atoms with Crippen LogP contribution in [-0.2, 0) is 0 Å². The third-order valence-corrected chi connectivity index (χ3v) is 2.97. The van der Waals surface area contributed by atoms with Crippen LogP contribution in [0.4, 0.5) is 18.3 Å². The Hall–Kier alpha value is -0.780. The number of hydrogen-bond acceptors (Lipinski definition) is 3. The maximum Gasteiger partial charge on any atom is 0.389 e. The van der Waals surface area contributed by atoms with Gasteiger partial charge in [-0.2, -0.15) is 13.2 Å². The lowest BCUT2D eigenvalue weighted by atomic mass is 10.3. The van der Waals surface area contributed by atoms with E-state index in [1.165, 1.54) is 11.3 Å². The molecule has 6 heteroatoms. The number of hydrogen-bond donors (Lipinski definition) is 1. The van der Waals surface area contributed by atoms with Crippen LogP contribution in [0.2, 0.25) is 0 Å². The minimum Gasteiger partial charge on any atom is -0.362 e. The third kappa shape index (κ3) is 4.51. The molecule has 1 aromatic rings. The van der Waals surface area contributed by atoms with E-state index in [0.717, 1.165) is 10.6 Å². The van der Waals surface area contributed by atoms with Gasteiger partial charge >= 0.3 is 6.18 Å². The Morgan fingerprint density at radius 1 is 1.33 bits per heavy atom. The van der Waals surface area contributed by atoms with Crippen LogP contribution in [-0.4, -0.2) is 17.7 Å². The molecule has 0 amide bonds. The third-order valence-electron chi connectivity index (χ3n) is 1.94. The normalized spacial score (nSPS) is 11.8. The molecule has 0 radical (unpaired) electrons. The maximum absolute atomic E-state index is 11.8. The molecule has 0 aliphatic carbocycles. The summed E-state index contributed by atoms with van der Waals surface area (Å²) in [6.45, 7) is 4.13. The second kappa shape index (κ2) is 4.83. The van der Waals surface area contributed by atoms with E-state index >= 15 is 0 Å². The van der Waals surface area contributed by atoms with Crippen molar-refractivity contribution in [3.8, 4) is 0 Å². The monoisotopic (exact) mass is 238 g/mol. The summed E-state index contributed by atoms with van der Waals surface area (Å²) in [6, 6.07) is 0. The Bertz CT molecular complexity index is 300. The van der Waals surface area contributed by atoms with Gasteiger partial charge in [-0.25, -0.2) is 4.98 Å². The molecule has 0 aliphatic heterocycles. The lowest BCUT2D eigenvalue weighted by molar-refractivity contribution is -0.134. The second-order valence-electron chi connectivity index (χ2n) is 3.31. The van der Waals surface area contributed by atoms with Gasteiger partial charge in [0.05, 0.1) is 5.69 Å². The van der Waals surface area contributed by atoms with Gasteiger partial charge in [0, 0.05) is 17.8 Å². The first-order chi connectivity index (χ1) is 6.88. The number of halogens is 3. The molecule has 0 saturated heterocycles. The average molecular weight is 238 g/mol. The Kier molecular flexibility index (Phi) is 3.96. The molecule has 0 unspecified atom stereocenters. The molecule has 0 atom stereocenters. The average Bonchev–Trinajstić information content (AvgIpc) is 2.39. The number of aryl methyl sites for hydroxylation is 2. The molecule has 1 N–H and O–H groups in total. The van der Waals surface area contributed by atoms with Gasteiger partial charge in [0.2, 0.25) is 0 Å². The number of nitrogens with one attached hydrogen (secondary N) is 1. The molecule has 0 bridgehead atoms. The number of nitrogens with zero attached hydrogens (tertiary/aromatic N) is 1. The van der Waals surface area contributed by atoms with Crippen molar-refractivity contribution in [2.75, 3.05) is 11.9 Å². The molecule has 86 valence electrons. The Balaban J connectivity index is 2.26. The first-order valence-corrected chi connectivity index (χ1v) is 5.45. The first-order valence-electron chi connectivity index (χ1n) is 4.63. The zero-order valence-corrected chi connectivity index (χ0v) is 9.43. The largest absolute Gasteiger partial charge is 0.389 e. The van der Waals surface area contributed by atoms with E-state index in [4.69, 9.17) is 0 Å². The minimum atomic E-state index is -4.06. The molecule has 1 heterocycles. The fourth-order valence-electron chi connectivity index (χ4n) is 1.03. The van der Waals surface area contributed by atoms with Crippen LogP contribution in [0.25, 0.3) is 0 Å². The van der Waals surface area contributed by atoms with E-state index in [9.17, 15) is 13.2 Å². The summed E-state index contributed by atoms with van der Waals surface area (Å²) < 4.78 is 35.4. The summed E-state index contributed by atoms with van der Waals surface area (Å²) in [7, 11) is 0. The summed E-state index contributed by atoms with van der Waals surface area (Å²) in [5.41, 5.74) is 0.929. The summed E-state index contributed by atoms with van der Waals surface area (Å²) in [5, 5.41) is 3.59. The summed E-state index contributed by atoms with van der Waals surface area (Å²) in [4.78, 5) is 5.26. The molecule has 0 fully saturated rings. The molecule has 1 rings (SSSR count). The van der Waals surface area contributed by atoms with Crippen LogP contribution in [0.5, 0.6) is 0 Å². The van der Waals surface area contributed by atoms with E-state index in [0.29, 0.717) is 11.7 Å². The molecular formula is C9H13F3N2S. The molecule has 0 spiro atoms. The number of thiazole rings is 1. The standard InChI is InChI=1S/C9H13F3N2S/c1-6-7(2)15-8(14-6)13-5-3-4-9(10,11)12/h3-5H2,1-2H3,(H,13,14). The summed E-state index contributed by atoms with van der Waals surface area (Å²) in [5.74, 6) is 0. The van der Waals surface area contributed by atoms with Crippen molar-refractivity contribution in [1.82, 2.24) is 4.98 Å². The van der Waals surface area contributed by atoms with Crippen molar-refractivity contribution in [3.63, 3.8) is 0 Å². The first kappa shape index (κ1) is 12.3. The Morgan fingerprint density at radius 2 is 2.00 bits per heavy atom. The minimum absolute atomic E-state index is 0.0845. The predicted octanol–water partition coefficient (Wildman–Crippen LogP) is 3.51. The zero-order valence-electron chi connectivity index (χ0n) is 8.61. The Labute approximate surface area is 90.5 Å². The van der Waals surface area contributed by atoms with Crippen LogP contribution in [0.15, 0.2) is 0 Å². The number of rotatable bonds is 4. The van der Waals surface area contributed by atoms with Gasteiger partial charge in [-0.1, -0.05) is 0 Å². The lowest BCUT2D eigenvalue weighted by Crippen LogP contribution is -2.10. The molecule has 0 aromatic carbocycles. The fourth-order valence-corrected chi connectivity index (χ4v) is 1.87. The van der Waals surface area contributed by atoms with Gasteiger partial charge in [-0.15, -0.1) is 11.3 Å². The van der Waals surface area contributed by atoms with Crippen molar-refractivity contribution < 1.29 is 13.2 Å². The van der Waals surface area contributed by atoms with Crippen LogP contribution in [0.3, 0.4) is 0 Å². The summed E-state index contributed by atoms with van der Waals surface area (Å²) in [6.07, 6.45) is -4.72. The van der Waals surface area contributed by atoms with Gasteiger partial charge in [-0.3, -0.25) is 0 Å². The van der Waals surface area contributed by atoms with Crippen molar-refractivity contribution in [1.29, 1.82) is 0 Å². The predicted molar refractivity (Wildman–Crippen MR) is 55.4 cm³/mol. The smallest absolute Gasteiger partial charge is 0.362 e. The summed E-state index contributed by atoms with van der Waals surface area (Å²) >= 11 is 1.47. The molecule has 1 aromatic heterocycles. The molecule has 15 heavy (non-hydrogen) atoms. The molecular weight excluding hydrogens is 225 g/mol. The van der Waals surface area contributed by atoms with E-state index in [1.807, 2.05) is 13.8 Å². The fraction of sp³-hybridized carbons (Fsp3) is 0.667. The van der Waals surface area contributed by atoms with Crippen LogP contribution in [0.1, 0.15) is 23.4 Å². The number of anilines is 1. The lowest BCUT2D eigenvalue weighted by Gasteiger charge is -2.05. The van der Waals surface area contributed by atoms with Gasteiger partial charge < -0.3 is 5.32 Å². The van der Waals surface area contributed by atoms with Crippen molar-refractivity contribution >= 4 is 16.5 Å². The van der Waals surface area contributed by atoms with E-state index in [1.54, 1.807) is 0 Å². The van der Waals surface area contributed by atoms with E-state index in [-0.39, 0.29) is 6.42 Å². The molecule has 2 nitrogen and oxygen atoms in total.